The van der Waals surface area contributed by atoms with Crippen LogP contribution in [-0.4, -0.2) is 86.5 Å². The second-order valence-corrected chi connectivity index (χ2v) is 10.00. The predicted molar refractivity (Wildman–Crippen MR) is 104 cm³/mol. The van der Waals surface area contributed by atoms with Gasteiger partial charge < -0.3 is 20.1 Å². The molecule has 0 aromatic carbocycles. The molecule has 2 aliphatic heterocycles. The zero-order valence-corrected chi connectivity index (χ0v) is 18.0. The van der Waals surface area contributed by atoms with E-state index >= 15 is 0 Å². The number of amidine groups is 1. The molecule has 0 radical (unpaired) electrons. The minimum absolute atomic E-state index is 0.0743. The number of piperidine rings is 1. The number of hydrogen-bond donors (Lipinski definition) is 2. The fourth-order valence-electron chi connectivity index (χ4n) is 3.46. The molecule has 2 unspecified atom stereocenters. The number of rotatable bonds is 6. The van der Waals surface area contributed by atoms with Crippen molar-refractivity contribution in [2.24, 2.45) is 11.7 Å². The Hall–Kier alpha value is -2.08. The van der Waals surface area contributed by atoms with Crippen LogP contribution >= 0.6 is 0 Å². The lowest BCUT2D eigenvalue weighted by molar-refractivity contribution is 0.0163. The highest BCUT2D eigenvalue weighted by molar-refractivity contribution is 7.85. The SMILES string of the molecule is CC(C)(C)OC(=O)N1CCC(C(C(=N)N)N2CC(COS(C)(=O)=O)OC2=O)CC1. The minimum Gasteiger partial charge on any atom is -0.444 e. The quantitative estimate of drug-likeness (QED) is 0.353. The third kappa shape index (κ3) is 6.74. The Kier molecular flexibility index (Phi) is 6.99. The van der Waals surface area contributed by atoms with Crippen molar-refractivity contribution in [3.8, 4) is 0 Å². The van der Waals surface area contributed by atoms with E-state index in [4.69, 9.17) is 24.8 Å². The number of hydrogen-bond acceptors (Lipinski definition) is 8. The summed E-state index contributed by atoms with van der Waals surface area (Å²) in [7, 11) is -3.66. The Labute approximate surface area is 171 Å². The molecule has 2 amide bonds. The van der Waals surface area contributed by atoms with E-state index in [2.05, 4.69) is 0 Å². The van der Waals surface area contributed by atoms with Gasteiger partial charge in [0.25, 0.3) is 10.1 Å². The average molecular weight is 435 g/mol. The van der Waals surface area contributed by atoms with E-state index in [1.807, 2.05) is 0 Å². The molecule has 2 atom stereocenters. The lowest BCUT2D eigenvalue weighted by Gasteiger charge is -2.38. The first kappa shape index (κ1) is 23.2. The van der Waals surface area contributed by atoms with Crippen molar-refractivity contribution >= 4 is 28.1 Å². The Morgan fingerprint density at radius 3 is 2.41 bits per heavy atom. The Morgan fingerprint density at radius 2 is 1.93 bits per heavy atom. The normalized spacial score (nSPS) is 22.3. The third-order valence-corrected chi connectivity index (χ3v) is 5.23. The van der Waals surface area contributed by atoms with Crippen LogP contribution in [0, 0.1) is 11.3 Å². The number of carbonyl (C=O) groups is 2. The van der Waals surface area contributed by atoms with Crippen molar-refractivity contribution in [1.29, 1.82) is 5.41 Å². The van der Waals surface area contributed by atoms with Gasteiger partial charge in [-0.3, -0.25) is 14.5 Å². The molecule has 0 aromatic rings. The highest BCUT2D eigenvalue weighted by Gasteiger charge is 2.42. The first-order chi connectivity index (χ1) is 13.3. The second-order valence-electron chi connectivity index (χ2n) is 8.35. The summed E-state index contributed by atoms with van der Waals surface area (Å²) >= 11 is 0. The van der Waals surface area contributed by atoms with E-state index < -0.39 is 40.1 Å². The number of nitrogens with two attached hydrogens (primary N) is 1. The summed E-state index contributed by atoms with van der Waals surface area (Å²) in [4.78, 5) is 27.4. The lowest BCUT2D eigenvalue weighted by atomic mass is 9.88. The molecular formula is C17H30N4O7S. The summed E-state index contributed by atoms with van der Waals surface area (Å²) in [5.74, 6) is -0.310. The van der Waals surface area contributed by atoms with Gasteiger partial charge in [0.2, 0.25) is 0 Å². The maximum absolute atomic E-state index is 12.3. The number of carbonyl (C=O) groups excluding carboxylic acids is 2. The van der Waals surface area contributed by atoms with Crippen LogP contribution in [-0.2, 0) is 23.8 Å². The fourth-order valence-corrected chi connectivity index (χ4v) is 3.85. The summed E-state index contributed by atoms with van der Waals surface area (Å²) in [5.41, 5.74) is 5.19. The predicted octanol–water partition coefficient (Wildman–Crippen LogP) is 0.735. The molecule has 0 bridgehead atoms. The number of cyclic esters (lactones) is 1. The van der Waals surface area contributed by atoms with Gasteiger partial charge in [-0.25, -0.2) is 9.59 Å². The van der Waals surface area contributed by atoms with Gasteiger partial charge in [0.15, 0.2) is 0 Å². The third-order valence-electron chi connectivity index (χ3n) is 4.66. The molecule has 29 heavy (non-hydrogen) atoms. The van der Waals surface area contributed by atoms with Crippen LogP contribution in [0.2, 0.25) is 0 Å². The molecule has 0 aromatic heterocycles. The maximum Gasteiger partial charge on any atom is 0.410 e. The minimum atomic E-state index is -3.66. The molecule has 0 spiro atoms. The van der Waals surface area contributed by atoms with Crippen LogP contribution in [0.3, 0.4) is 0 Å². The van der Waals surface area contributed by atoms with Crippen LogP contribution in [0.4, 0.5) is 9.59 Å². The van der Waals surface area contributed by atoms with Gasteiger partial charge in [0.1, 0.15) is 24.1 Å². The zero-order valence-electron chi connectivity index (χ0n) is 17.2. The van der Waals surface area contributed by atoms with Crippen molar-refractivity contribution in [3.05, 3.63) is 0 Å². The molecule has 11 nitrogen and oxygen atoms in total. The van der Waals surface area contributed by atoms with Crippen molar-refractivity contribution < 1.29 is 31.7 Å². The molecular weight excluding hydrogens is 404 g/mol. The zero-order chi connectivity index (χ0) is 22.0. The van der Waals surface area contributed by atoms with Gasteiger partial charge in [-0.15, -0.1) is 0 Å². The summed E-state index contributed by atoms with van der Waals surface area (Å²) in [5, 5.41) is 7.96. The van der Waals surface area contributed by atoms with Gasteiger partial charge in [0.05, 0.1) is 18.8 Å². The van der Waals surface area contributed by atoms with Crippen LogP contribution in [0.5, 0.6) is 0 Å². The Balaban J connectivity index is 1.98. The van der Waals surface area contributed by atoms with Crippen molar-refractivity contribution in [2.45, 2.75) is 51.4 Å². The Morgan fingerprint density at radius 1 is 1.34 bits per heavy atom. The molecule has 2 heterocycles. The summed E-state index contributed by atoms with van der Waals surface area (Å²) in [6.45, 7) is 6.03. The van der Waals surface area contributed by atoms with Gasteiger partial charge in [0, 0.05) is 13.1 Å². The van der Waals surface area contributed by atoms with Crippen molar-refractivity contribution in [3.63, 3.8) is 0 Å². The van der Waals surface area contributed by atoms with Crippen LogP contribution in [0.25, 0.3) is 0 Å². The standard InChI is InChI=1S/C17H30N4O7S/c1-17(2,3)28-15(22)20-7-5-11(6-8-20)13(14(18)19)21-9-12(27-16(21)23)10-26-29(4,24)25/h11-13H,5-10H2,1-4H3,(H3,18,19). The molecule has 0 aliphatic carbocycles. The topological polar surface area (TPSA) is 152 Å². The number of nitrogens with one attached hydrogen (secondary N) is 1. The van der Waals surface area contributed by atoms with E-state index in [1.54, 1.807) is 25.7 Å². The smallest absolute Gasteiger partial charge is 0.410 e. The second kappa shape index (κ2) is 8.74. The number of likely N-dealkylation sites (tertiary alicyclic amines) is 1. The average Bonchev–Trinajstić information content (AvgIpc) is 2.92. The molecule has 2 rings (SSSR count). The lowest BCUT2D eigenvalue weighted by Crippen LogP contribution is -2.53. The van der Waals surface area contributed by atoms with Gasteiger partial charge >= 0.3 is 12.2 Å². The van der Waals surface area contributed by atoms with Crippen LogP contribution in [0.1, 0.15) is 33.6 Å². The van der Waals surface area contributed by atoms with Gasteiger partial charge in [-0.2, -0.15) is 8.42 Å². The fraction of sp³-hybridized carbons (Fsp3) is 0.824. The molecule has 2 fully saturated rings. The molecule has 3 N–H and O–H groups in total. The molecule has 12 heteroatoms. The first-order valence-corrected chi connectivity index (χ1v) is 11.2. The monoisotopic (exact) mass is 434 g/mol. The van der Waals surface area contributed by atoms with Crippen LogP contribution < -0.4 is 5.73 Å². The van der Waals surface area contributed by atoms with Gasteiger partial charge in [-0.1, -0.05) is 0 Å². The van der Waals surface area contributed by atoms with Gasteiger partial charge in [-0.05, 0) is 39.5 Å². The van der Waals surface area contributed by atoms with Crippen molar-refractivity contribution in [1.82, 2.24) is 9.80 Å². The van der Waals surface area contributed by atoms with Crippen molar-refractivity contribution in [2.75, 3.05) is 32.5 Å². The highest BCUT2D eigenvalue weighted by Crippen LogP contribution is 2.28. The van der Waals surface area contributed by atoms with E-state index in [0.717, 1.165) is 6.26 Å². The number of nitrogens with zero attached hydrogens (tertiary/aromatic N) is 2. The summed E-state index contributed by atoms with van der Waals surface area (Å²) in [6, 6.07) is -0.688. The van der Waals surface area contributed by atoms with E-state index in [9.17, 15) is 18.0 Å². The van der Waals surface area contributed by atoms with E-state index in [1.165, 1.54) is 4.90 Å². The summed E-state index contributed by atoms with van der Waals surface area (Å²) < 4.78 is 37.5. The molecule has 2 aliphatic rings. The van der Waals surface area contributed by atoms with Crippen LogP contribution in [0.15, 0.2) is 0 Å². The maximum atomic E-state index is 12.3. The Bertz CT molecular complexity index is 741. The summed E-state index contributed by atoms with van der Waals surface area (Å²) in [6.07, 6.45) is 0.171. The number of amides is 2. The number of ether oxygens (including phenoxy) is 2. The highest BCUT2D eigenvalue weighted by atomic mass is 32.2. The molecule has 166 valence electrons. The van der Waals surface area contributed by atoms with E-state index in [-0.39, 0.29) is 24.9 Å². The van der Waals surface area contributed by atoms with E-state index in [0.29, 0.717) is 25.9 Å². The first-order valence-electron chi connectivity index (χ1n) is 9.40. The molecule has 0 saturated carbocycles. The largest absolute Gasteiger partial charge is 0.444 e. The molecule has 2 saturated heterocycles.